The Morgan fingerprint density at radius 3 is 2.89 bits per heavy atom. The van der Waals surface area contributed by atoms with Crippen LogP contribution in [0.4, 0.5) is 5.69 Å². The number of esters is 1. The molecule has 0 spiro atoms. The fourth-order valence-corrected chi connectivity index (χ4v) is 1.64. The maximum Gasteiger partial charge on any atom is 0.343 e. The molecule has 2 rings (SSSR count). The highest BCUT2D eigenvalue weighted by Crippen LogP contribution is 2.29. The number of hydrogen-bond donors (Lipinski definition) is 1. The number of fused-ring (bicyclic) bond motifs is 1. The van der Waals surface area contributed by atoms with Gasteiger partial charge in [-0.1, -0.05) is 0 Å². The number of hydrogen-bond acceptors (Lipinski definition) is 6. The third-order valence-corrected chi connectivity index (χ3v) is 2.53. The highest BCUT2D eigenvalue weighted by molar-refractivity contribution is 5.99. The van der Waals surface area contributed by atoms with Crippen molar-refractivity contribution in [3.63, 3.8) is 0 Å². The number of pyridine rings is 1. The van der Waals surface area contributed by atoms with Crippen LogP contribution in [-0.2, 0) is 4.74 Å². The van der Waals surface area contributed by atoms with E-state index < -0.39 is 10.9 Å². The lowest BCUT2D eigenvalue weighted by atomic mass is 10.1. The van der Waals surface area contributed by atoms with Crippen LogP contribution in [0.15, 0.2) is 24.4 Å². The first-order valence-electron chi connectivity index (χ1n) is 5.47. The molecule has 0 fully saturated rings. The number of carbonyl (C=O) groups excluding carboxylic acids is 1. The second-order valence-electron chi connectivity index (χ2n) is 3.70. The van der Waals surface area contributed by atoms with Crippen LogP contribution in [0.2, 0.25) is 0 Å². The van der Waals surface area contributed by atoms with E-state index >= 15 is 0 Å². The Labute approximate surface area is 107 Å². The number of ether oxygens (including phenoxy) is 1. The van der Waals surface area contributed by atoms with E-state index in [4.69, 9.17) is 4.74 Å². The van der Waals surface area contributed by atoms with Gasteiger partial charge in [0.1, 0.15) is 11.3 Å². The van der Waals surface area contributed by atoms with Gasteiger partial charge in [0, 0.05) is 23.7 Å². The van der Waals surface area contributed by atoms with Gasteiger partial charge < -0.3 is 9.84 Å². The molecule has 7 nitrogen and oxygen atoms in total. The molecule has 7 heteroatoms. The van der Waals surface area contributed by atoms with E-state index in [1.807, 2.05) is 0 Å². The van der Waals surface area contributed by atoms with E-state index in [2.05, 4.69) is 4.98 Å². The van der Waals surface area contributed by atoms with Crippen LogP contribution in [0.3, 0.4) is 0 Å². The van der Waals surface area contributed by atoms with Crippen LogP contribution in [0.1, 0.15) is 17.3 Å². The number of carbonyl (C=O) groups is 1. The number of nitro groups is 1. The molecule has 1 N–H and O–H groups in total. The lowest BCUT2D eigenvalue weighted by Gasteiger charge is -2.06. The normalized spacial score (nSPS) is 10.4. The van der Waals surface area contributed by atoms with Gasteiger partial charge in [0.15, 0.2) is 0 Å². The van der Waals surface area contributed by atoms with E-state index in [0.29, 0.717) is 0 Å². The Kier molecular flexibility index (Phi) is 3.28. The molecule has 0 saturated carbocycles. The second-order valence-corrected chi connectivity index (χ2v) is 3.70. The van der Waals surface area contributed by atoms with E-state index in [1.165, 1.54) is 18.2 Å². The summed E-state index contributed by atoms with van der Waals surface area (Å²) in [5.74, 6) is -0.980. The average Bonchev–Trinajstić information content (AvgIpc) is 2.38. The minimum absolute atomic E-state index is 0.0665. The van der Waals surface area contributed by atoms with Crippen LogP contribution >= 0.6 is 0 Å². The highest BCUT2D eigenvalue weighted by Gasteiger charge is 2.17. The van der Waals surface area contributed by atoms with Crippen LogP contribution in [0.25, 0.3) is 10.9 Å². The van der Waals surface area contributed by atoms with Gasteiger partial charge in [-0.2, -0.15) is 0 Å². The number of nitrogens with zero attached hydrogens (tertiary/aromatic N) is 2. The molecule has 0 aliphatic rings. The molecule has 0 unspecified atom stereocenters. The summed E-state index contributed by atoms with van der Waals surface area (Å²) in [6.07, 6.45) is 1.14. The summed E-state index contributed by atoms with van der Waals surface area (Å²) in [6, 6.07) is 3.81. The number of aromatic nitrogens is 1. The molecule has 0 radical (unpaired) electrons. The van der Waals surface area contributed by atoms with E-state index in [1.54, 1.807) is 6.92 Å². The van der Waals surface area contributed by atoms with Crippen LogP contribution in [0.5, 0.6) is 5.75 Å². The molecule has 0 bridgehead atoms. The third-order valence-electron chi connectivity index (χ3n) is 2.53. The van der Waals surface area contributed by atoms with Crippen molar-refractivity contribution in [1.82, 2.24) is 4.98 Å². The summed E-state index contributed by atoms with van der Waals surface area (Å²) in [5, 5.41) is 20.9. The Hall–Kier alpha value is -2.70. The monoisotopic (exact) mass is 262 g/mol. The van der Waals surface area contributed by atoms with Crippen LogP contribution in [-0.4, -0.2) is 27.6 Å². The number of nitro benzene ring substituents is 1. The van der Waals surface area contributed by atoms with Crippen molar-refractivity contribution in [2.75, 3.05) is 6.61 Å². The van der Waals surface area contributed by atoms with E-state index in [0.717, 1.165) is 6.20 Å². The standard InChI is InChI=1S/C12H10N2O5/c1-2-19-12(16)9-6-13-10-5-7(14(17)18)3-4-8(10)11(9)15/h3-6H,2H2,1H3,(H,13,15). The molecule has 1 aromatic carbocycles. The first-order chi connectivity index (χ1) is 9.04. The zero-order chi connectivity index (χ0) is 14.0. The summed E-state index contributed by atoms with van der Waals surface area (Å²) in [4.78, 5) is 25.5. The van der Waals surface area contributed by atoms with Crippen molar-refractivity contribution in [3.05, 3.63) is 40.1 Å². The minimum Gasteiger partial charge on any atom is -0.506 e. The lowest BCUT2D eigenvalue weighted by Crippen LogP contribution is -2.05. The van der Waals surface area contributed by atoms with Crippen molar-refractivity contribution in [2.45, 2.75) is 6.92 Å². The first-order valence-corrected chi connectivity index (χ1v) is 5.47. The topological polar surface area (TPSA) is 103 Å². The van der Waals surface area contributed by atoms with Gasteiger partial charge >= 0.3 is 5.97 Å². The molecular formula is C12H10N2O5. The van der Waals surface area contributed by atoms with Crippen molar-refractivity contribution in [2.24, 2.45) is 0 Å². The van der Waals surface area contributed by atoms with Gasteiger partial charge in [0.05, 0.1) is 17.0 Å². The molecule has 0 saturated heterocycles. The van der Waals surface area contributed by atoms with Gasteiger partial charge in [-0.3, -0.25) is 15.1 Å². The zero-order valence-corrected chi connectivity index (χ0v) is 9.99. The Morgan fingerprint density at radius 1 is 1.53 bits per heavy atom. The summed E-state index contributed by atoms with van der Waals surface area (Å²) in [5.41, 5.74) is 0.0336. The van der Waals surface area contributed by atoms with Gasteiger partial charge in [-0.15, -0.1) is 0 Å². The SMILES string of the molecule is CCOC(=O)c1cnc2cc([N+](=O)[O-])ccc2c1O. The van der Waals surface area contributed by atoms with Gasteiger partial charge in [-0.25, -0.2) is 4.79 Å². The number of aromatic hydroxyl groups is 1. The highest BCUT2D eigenvalue weighted by atomic mass is 16.6. The Bertz CT molecular complexity index is 668. The fourth-order valence-electron chi connectivity index (χ4n) is 1.64. The fraction of sp³-hybridized carbons (Fsp3) is 0.167. The maximum absolute atomic E-state index is 11.6. The molecule has 19 heavy (non-hydrogen) atoms. The second kappa shape index (κ2) is 4.89. The lowest BCUT2D eigenvalue weighted by molar-refractivity contribution is -0.384. The summed E-state index contributed by atoms with van der Waals surface area (Å²) in [6.45, 7) is 1.82. The van der Waals surface area contributed by atoms with E-state index in [-0.39, 0.29) is 34.5 Å². The Balaban J connectivity index is 2.57. The smallest absolute Gasteiger partial charge is 0.343 e. The van der Waals surface area contributed by atoms with Crippen LogP contribution in [0, 0.1) is 10.1 Å². The average molecular weight is 262 g/mol. The van der Waals surface area contributed by atoms with Crippen LogP contribution < -0.4 is 0 Å². The first kappa shape index (κ1) is 12.7. The molecule has 0 amide bonds. The maximum atomic E-state index is 11.6. The van der Waals surface area contributed by atoms with Crippen molar-refractivity contribution in [1.29, 1.82) is 0 Å². The van der Waals surface area contributed by atoms with Gasteiger partial charge in [-0.05, 0) is 13.0 Å². The number of rotatable bonds is 3. The molecule has 98 valence electrons. The molecule has 0 atom stereocenters. The number of benzene rings is 1. The predicted molar refractivity (Wildman–Crippen MR) is 66.0 cm³/mol. The quantitative estimate of drug-likeness (QED) is 0.515. The minimum atomic E-state index is -0.687. The molecular weight excluding hydrogens is 252 g/mol. The number of non-ortho nitro benzene ring substituents is 1. The third kappa shape index (κ3) is 2.30. The van der Waals surface area contributed by atoms with Crippen molar-refractivity contribution >= 4 is 22.6 Å². The summed E-state index contributed by atoms with van der Waals surface area (Å²) >= 11 is 0. The largest absolute Gasteiger partial charge is 0.506 e. The predicted octanol–water partition coefficient (Wildman–Crippen LogP) is 2.03. The van der Waals surface area contributed by atoms with E-state index in [9.17, 15) is 20.0 Å². The summed E-state index contributed by atoms with van der Waals surface area (Å²) < 4.78 is 4.77. The molecule has 1 aromatic heterocycles. The molecule has 1 heterocycles. The van der Waals surface area contributed by atoms with Crippen molar-refractivity contribution < 1.29 is 19.6 Å². The van der Waals surface area contributed by atoms with Gasteiger partial charge in [0.2, 0.25) is 0 Å². The molecule has 0 aliphatic carbocycles. The summed E-state index contributed by atoms with van der Waals surface area (Å²) in [7, 11) is 0. The zero-order valence-electron chi connectivity index (χ0n) is 9.99. The molecule has 0 aliphatic heterocycles. The Morgan fingerprint density at radius 2 is 2.26 bits per heavy atom. The molecule has 2 aromatic rings. The van der Waals surface area contributed by atoms with Gasteiger partial charge in [0.25, 0.3) is 5.69 Å². The van der Waals surface area contributed by atoms with Crippen molar-refractivity contribution in [3.8, 4) is 5.75 Å².